The molecule has 1 amide bonds. The second-order valence-electron chi connectivity index (χ2n) is 5.04. The fraction of sp³-hybridized carbons (Fsp3) is 0.333. The van der Waals surface area contributed by atoms with Gasteiger partial charge in [-0.25, -0.2) is 4.39 Å². The number of likely N-dealkylation sites (N-methyl/N-ethyl adjacent to an activating group) is 1. The number of amides is 1. The highest BCUT2D eigenvalue weighted by molar-refractivity contribution is 9.10. The third kappa shape index (κ3) is 4.56. The molecule has 0 radical (unpaired) electrons. The number of rotatable bonds is 5. The lowest BCUT2D eigenvalue weighted by atomic mass is 10.2. The van der Waals surface area contributed by atoms with E-state index in [1.807, 2.05) is 0 Å². The Morgan fingerprint density at radius 1 is 1.33 bits per heavy atom. The van der Waals surface area contributed by atoms with Gasteiger partial charge in [0, 0.05) is 29.3 Å². The molecule has 2 rings (SSSR count). The minimum atomic E-state index is -4.56. The highest BCUT2D eigenvalue weighted by Crippen LogP contribution is 2.27. The fourth-order valence-electron chi connectivity index (χ4n) is 2.09. The molecule has 1 aromatic heterocycles. The van der Waals surface area contributed by atoms with Crippen LogP contribution in [0.25, 0.3) is 0 Å². The summed E-state index contributed by atoms with van der Waals surface area (Å²) < 4.78 is 52.9. The van der Waals surface area contributed by atoms with Gasteiger partial charge in [-0.1, -0.05) is 15.9 Å². The summed E-state index contributed by atoms with van der Waals surface area (Å²) >= 11 is 3.23. The molecule has 0 atom stereocenters. The molecule has 130 valence electrons. The van der Waals surface area contributed by atoms with Gasteiger partial charge in [0.25, 0.3) is 0 Å². The molecule has 0 saturated carbocycles. The third-order valence-corrected chi connectivity index (χ3v) is 3.83. The molecule has 2 aromatic rings. The summed E-state index contributed by atoms with van der Waals surface area (Å²) in [5.74, 6) is -0.906. The van der Waals surface area contributed by atoms with Crippen LogP contribution in [-0.4, -0.2) is 27.1 Å². The van der Waals surface area contributed by atoms with Crippen LogP contribution in [0, 0.1) is 5.82 Å². The van der Waals surface area contributed by atoms with Crippen LogP contribution in [0.3, 0.4) is 0 Å². The van der Waals surface area contributed by atoms with Crippen molar-refractivity contribution in [3.8, 4) is 0 Å². The van der Waals surface area contributed by atoms with Crippen LogP contribution in [0.4, 0.5) is 17.6 Å². The summed E-state index contributed by atoms with van der Waals surface area (Å²) in [5.41, 5.74) is -0.743. The molecule has 0 aliphatic heterocycles. The molecular weight excluding hydrogens is 394 g/mol. The highest BCUT2D eigenvalue weighted by atomic mass is 79.9. The lowest BCUT2D eigenvalue weighted by Crippen LogP contribution is -2.33. The minimum Gasteiger partial charge on any atom is -0.337 e. The molecule has 24 heavy (non-hydrogen) atoms. The SMILES string of the molecule is CCN(Cc1cc(Br)ccc1F)C(=O)Cn1ccc(C(F)(F)F)n1. The molecule has 0 aliphatic rings. The summed E-state index contributed by atoms with van der Waals surface area (Å²) in [5, 5.41) is 3.34. The van der Waals surface area contributed by atoms with E-state index in [1.165, 1.54) is 11.0 Å². The summed E-state index contributed by atoms with van der Waals surface area (Å²) in [6.07, 6.45) is -3.47. The second kappa shape index (κ2) is 7.33. The average molecular weight is 408 g/mol. The van der Waals surface area contributed by atoms with Crippen molar-refractivity contribution in [1.82, 2.24) is 14.7 Å². The summed E-state index contributed by atoms with van der Waals surface area (Å²) in [6, 6.07) is 5.18. The zero-order chi connectivity index (χ0) is 17.9. The van der Waals surface area contributed by atoms with Crippen molar-refractivity contribution in [3.05, 3.63) is 52.0 Å². The van der Waals surface area contributed by atoms with Crippen LogP contribution >= 0.6 is 15.9 Å². The van der Waals surface area contributed by atoms with Gasteiger partial charge in [-0.05, 0) is 31.2 Å². The fourth-order valence-corrected chi connectivity index (χ4v) is 2.49. The van der Waals surface area contributed by atoms with Gasteiger partial charge in [0.2, 0.25) is 5.91 Å². The van der Waals surface area contributed by atoms with Crippen molar-refractivity contribution >= 4 is 21.8 Å². The van der Waals surface area contributed by atoms with Crippen molar-refractivity contribution < 1.29 is 22.4 Å². The Kier molecular flexibility index (Phi) is 5.63. The summed E-state index contributed by atoms with van der Waals surface area (Å²) in [7, 11) is 0. The second-order valence-corrected chi connectivity index (χ2v) is 5.96. The summed E-state index contributed by atoms with van der Waals surface area (Å²) in [6.45, 7) is 1.67. The van der Waals surface area contributed by atoms with Gasteiger partial charge < -0.3 is 4.90 Å². The van der Waals surface area contributed by atoms with E-state index in [4.69, 9.17) is 0 Å². The average Bonchev–Trinajstić information content (AvgIpc) is 2.96. The standard InChI is InChI=1S/C15H14BrF4N3O/c1-2-22(8-10-7-11(16)3-4-12(10)17)14(24)9-23-6-5-13(21-23)15(18,19)20/h3-7H,2,8-9H2,1H3. The van der Waals surface area contributed by atoms with Gasteiger partial charge in [-0.3, -0.25) is 9.48 Å². The predicted octanol–water partition coefficient (Wildman–Crippen LogP) is 3.85. The normalized spacial score (nSPS) is 11.6. The minimum absolute atomic E-state index is 0.0218. The smallest absolute Gasteiger partial charge is 0.337 e. The number of carbonyl (C=O) groups is 1. The quantitative estimate of drug-likeness (QED) is 0.706. The molecule has 0 unspecified atom stereocenters. The van der Waals surface area contributed by atoms with Gasteiger partial charge in [-0.15, -0.1) is 0 Å². The Labute approximate surface area is 144 Å². The lowest BCUT2D eigenvalue weighted by molar-refractivity contribution is -0.142. The molecule has 4 nitrogen and oxygen atoms in total. The maximum Gasteiger partial charge on any atom is 0.435 e. The van der Waals surface area contributed by atoms with Gasteiger partial charge in [0.15, 0.2) is 5.69 Å². The molecule has 0 fully saturated rings. The molecular formula is C15H14BrF4N3O. The highest BCUT2D eigenvalue weighted by Gasteiger charge is 2.33. The number of halogens is 5. The third-order valence-electron chi connectivity index (χ3n) is 3.33. The van der Waals surface area contributed by atoms with Crippen molar-refractivity contribution in [2.75, 3.05) is 6.54 Å². The van der Waals surface area contributed by atoms with E-state index >= 15 is 0 Å². The zero-order valence-electron chi connectivity index (χ0n) is 12.6. The van der Waals surface area contributed by atoms with Crippen LogP contribution in [0.15, 0.2) is 34.9 Å². The molecule has 1 aromatic carbocycles. The maximum absolute atomic E-state index is 13.8. The van der Waals surface area contributed by atoms with Crippen molar-refractivity contribution in [1.29, 1.82) is 0 Å². The maximum atomic E-state index is 13.8. The van der Waals surface area contributed by atoms with Crippen LogP contribution in [-0.2, 0) is 24.1 Å². The van der Waals surface area contributed by atoms with E-state index in [0.717, 1.165) is 16.9 Å². The number of hydrogen-bond donors (Lipinski definition) is 0. The van der Waals surface area contributed by atoms with Gasteiger partial charge in [0.05, 0.1) is 0 Å². The number of benzene rings is 1. The van der Waals surface area contributed by atoms with Crippen molar-refractivity contribution in [2.45, 2.75) is 26.2 Å². The Bertz CT molecular complexity index is 730. The number of hydrogen-bond acceptors (Lipinski definition) is 2. The van der Waals surface area contributed by atoms with E-state index in [0.29, 0.717) is 10.0 Å². The topological polar surface area (TPSA) is 38.1 Å². The van der Waals surface area contributed by atoms with Gasteiger partial charge >= 0.3 is 6.18 Å². The van der Waals surface area contributed by atoms with E-state index < -0.39 is 23.6 Å². The molecule has 0 spiro atoms. The molecule has 0 saturated heterocycles. The molecule has 0 bridgehead atoms. The first-order chi connectivity index (χ1) is 11.2. The van der Waals surface area contributed by atoms with Crippen LogP contribution in [0.5, 0.6) is 0 Å². The Morgan fingerprint density at radius 3 is 2.62 bits per heavy atom. The number of alkyl halides is 3. The number of aromatic nitrogens is 2. The molecule has 0 aliphatic carbocycles. The molecule has 9 heteroatoms. The number of carbonyl (C=O) groups excluding carboxylic acids is 1. The Hall–Kier alpha value is -1.90. The lowest BCUT2D eigenvalue weighted by Gasteiger charge is -2.21. The molecule has 1 heterocycles. The van der Waals surface area contributed by atoms with Crippen molar-refractivity contribution in [3.63, 3.8) is 0 Å². The first kappa shape index (κ1) is 18.4. The first-order valence-corrected chi connectivity index (χ1v) is 7.82. The Morgan fingerprint density at radius 2 is 2.04 bits per heavy atom. The van der Waals surface area contributed by atoms with Crippen LogP contribution in [0.1, 0.15) is 18.2 Å². The van der Waals surface area contributed by atoms with E-state index in [-0.39, 0.29) is 19.6 Å². The summed E-state index contributed by atoms with van der Waals surface area (Å²) in [4.78, 5) is 13.6. The zero-order valence-corrected chi connectivity index (χ0v) is 14.2. The van der Waals surface area contributed by atoms with Crippen LogP contribution < -0.4 is 0 Å². The van der Waals surface area contributed by atoms with Gasteiger partial charge in [-0.2, -0.15) is 18.3 Å². The Balaban J connectivity index is 2.09. The van der Waals surface area contributed by atoms with E-state index in [9.17, 15) is 22.4 Å². The molecule has 0 N–H and O–H groups in total. The van der Waals surface area contributed by atoms with E-state index in [1.54, 1.807) is 19.1 Å². The predicted molar refractivity (Wildman–Crippen MR) is 82.4 cm³/mol. The first-order valence-electron chi connectivity index (χ1n) is 7.03. The number of nitrogens with zero attached hydrogens (tertiary/aromatic N) is 3. The monoisotopic (exact) mass is 407 g/mol. The van der Waals surface area contributed by atoms with Crippen LogP contribution in [0.2, 0.25) is 0 Å². The van der Waals surface area contributed by atoms with E-state index in [2.05, 4.69) is 21.0 Å². The largest absolute Gasteiger partial charge is 0.435 e. The van der Waals surface area contributed by atoms with Crippen molar-refractivity contribution in [2.24, 2.45) is 0 Å². The van der Waals surface area contributed by atoms with Gasteiger partial charge in [0.1, 0.15) is 12.4 Å².